The summed E-state index contributed by atoms with van der Waals surface area (Å²) < 4.78 is 33.8. The fraction of sp³-hybridized carbons (Fsp3) is 0.879. The predicted octanol–water partition coefficient (Wildman–Crippen LogP) is 8.29. The van der Waals surface area contributed by atoms with Crippen LogP contribution in [0, 0.1) is 0 Å². The van der Waals surface area contributed by atoms with Crippen molar-refractivity contribution >= 4 is 19.8 Å². The molecule has 1 unspecified atom stereocenters. The topological polar surface area (TPSA) is 108 Å². The maximum absolute atomic E-state index is 12.5. The molecule has 0 aliphatic heterocycles. The molecule has 0 saturated carbocycles. The van der Waals surface area contributed by atoms with E-state index in [0.29, 0.717) is 17.4 Å². The number of esters is 2. The van der Waals surface area contributed by atoms with Gasteiger partial charge in [-0.15, -0.1) is 0 Å². The van der Waals surface area contributed by atoms with Crippen molar-refractivity contribution in [2.45, 2.75) is 142 Å². The van der Waals surface area contributed by atoms with Crippen LogP contribution in [0.3, 0.4) is 0 Å². The molecule has 9 nitrogen and oxygen atoms in total. The van der Waals surface area contributed by atoms with E-state index in [2.05, 4.69) is 26.0 Å². The monoisotopic (exact) mass is 634 g/mol. The fourth-order valence-electron chi connectivity index (χ4n) is 4.30. The van der Waals surface area contributed by atoms with Crippen LogP contribution in [-0.4, -0.2) is 74.9 Å². The van der Waals surface area contributed by atoms with Crippen molar-refractivity contribution in [2.24, 2.45) is 0 Å². The van der Waals surface area contributed by atoms with Gasteiger partial charge in [0.15, 0.2) is 6.10 Å². The number of phosphoric acid groups is 1. The van der Waals surface area contributed by atoms with Gasteiger partial charge >= 0.3 is 19.8 Å². The summed E-state index contributed by atoms with van der Waals surface area (Å²) in [6.07, 6.45) is 23.2. The van der Waals surface area contributed by atoms with E-state index in [1.54, 1.807) is 0 Å². The lowest BCUT2D eigenvalue weighted by atomic mass is 10.1. The van der Waals surface area contributed by atoms with Crippen molar-refractivity contribution in [1.82, 2.24) is 0 Å². The van der Waals surface area contributed by atoms with Gasteiger partial charge < -0.3 is 18.9 Å². The Hall–Kier alpha value is -1.25. The van der Waals surface area contributed by atoms with E-state index in [-0.39, 0.29) is 32.0 Å². The number of carbonyl (C=O) groups excluding carboxylic acids is 2. The van der Waals surface area contributed by atoms with Crippen LogP contribution in [0.4, 0.5) is 0 Å². The Labute approximate surface area is 263 Å². The molecule has 1 N–H and O–H groups in total. The van der Waals surface area contributed by atoms with E-state index in [1.807, 2.05) is 21.1 Å². The summed E-state index contributed by atoms with van der Waals surface area (Å²) in [7, 11) is 1.47. The lowest BCUT2D eigenvalue weighted by Crippen LogP contribution is -2.37. The maximum atomic E-state index is 12.5. The molecular weight excluding hydrogens is 569 g/mol. The van der Waals surface area contributed by atoms with Crippen LogP contribution >= 0.6 is 7.82 Å². The molecule has 0 aliphatic rings. The summed E-state index contributed by atoms with van der Waals surface area (Å²) >= 11 is 0. The number of quaternary nitrogens is 1. The summed E-state index contributed by atoms with van der Waals surface area (Å²) in [5.41, 5.74) is 0. The number of hydrogen-bond acceptors (Lipinski definition) is 7. The second-order valence-electron chi connectivity index (χ2n) is 12.6. The summed E-state index contributed by atoms with van der Waals surface area (Å²) in [6.45, 7) is 4.25. The SMILES string of the molecule is CCCCCCCC/C=C\CCCCCCCC(=O)O[C@H](COC(=O)CCCCCC)COP(=O)(O)OCC[N+](C)(C)C. The number of carbonyl (C=O) groups is 2. The molecule has 0 fully saturated rings. The van der Waals surface area contributed by atoms with E-state index in [1.165, 1.54) is 44.9 Å². The number of hydrogen-bond donors (Lipinski definition) is 1. The molecule has 0 aromatic rings. The predicted molar refractivity (Wildman–Crippen MR) is 174 cm³/mol. The first-order valence-corrected chi connectivity index (χ1v) is 18.4. The number of nitrogens with zero attached hydrogens (tertiary/aromatic N) is 1. The number of rotatable bonds is 30. The molecule has 0 spiro atoms. The van der Waals surface area contributed by atoms with Crippen molar-refractivity contribution < 1.29 is 42.1 Å². The third-order valence-electron chi connectivity index (χ3n) is 7.05. The maximum Gasteiger partial charge on any atom is 0.472 e. The summed E-state index contributed by atoms with van der Waals surface area (Å²) in [6, 6.07) is 0. The van der Waals surface area contributed by atoms with Crippen LogP contribution in [0.15, 0.2) is 12.2 Å². The number of allylic oxidation sites excluding steroid dienone is 2. The van der Waals surface area contributed by atoms with Crippen LogP contribution < -0.4 is 0 Å². The molecule has 10 heteroatoms. The third kappa shape index (κ3) is 30.6. The number of unbranched alkanes of at least 4 members (excludes halogenated alkanes) is 14. The van der Waals surface area contributed by atoms with Gasteiger partial charge in [0.05, 0.1) is 27.7 Å². The number of likely N-dealkylation sites (N-methyl/N-ethyl adjacent to an activating group) is 1. The minimum atomic E-state index is -4.35. The van der Waals surface area contributed by atoms with Crippen LogP contribution in [-0.2, 0) is 32.7 Å². The van der Waals surface area contributed by atoms with E-state index < -0.39 is 26.5 Å². The third-order valence-corrected chi connectivity index (χ3v) is 8.03. The Kier molecular flexibility index (Phi) is 26.3. The Balaban J connectivity index is 4.36. The zero-order chi connectivity index (χ0) is 32.2. The smallest absolute Gasteiger partial charge is 0.462 e. The van der Waals surface area contributed by atoms with Gasteiger partial charge in [0.1, 0.15) is 19.8 Å². The van der Waals surface area contributed by atoms with Crippen molar-refractivity contribution in [3.05, 3.63) is 12.2 Å². The van der Waals surface area contributed by atoms with Crippen molar-refractivity contribution in [1.29, 1.82) is 0 Å². The standard InChI is InChI=1S/C33H64NO8P/c1-6-8-10-12-13-14-15-16-17-18-19-20-21-22-24-26-33(36)42-31(29-39-32(35)25-23-11-9-7-2)30-41-43(37,38)40-28-27-34(3,4)5/h16-17,31H,6-15,18-30H2,1-5H3/p+1/b17-16-/t31-/m1/s1. The molecule has 0 aliphatic carbocycles. The Morgan fingerprint density at radius 2 is 1.19 bits per heavy atom. The van der Waals surface area contributed by atoms with Gasteiger partial charge in [0, 0.05) is 12.8 Å². The van der Waals surface area contributed by atoms with Gasteiger partial charge in [-0.05, 0) is 38.5 Å². The van der Waals surface area contributed by atoms with Crippen LogP contribution in [0.25, 0.3) is 0 Å². The van der Waals surface area contributed by atoms with Crippen molar-refractivity contribution in [2.75, 3.05) is 47.5 Å². The van der Waals surface area contributed by atoms with Gasteiger partial charge in [-0.25, -0.2) is 4.57 Å². The molecule has 0 rings (SSSR count). The molecule has 43 heavy (non-hydrogen) atoms. The minimum Gasteiger partial charge on any atom is -0.462 e. The Bertz CT molecular complexity index is 768. The minimum absolute atomic E-state index is 0.0317. The van der Waals surface area contributed by atoms with E-state index >= 15 is 0 Å². The Morgan fingerprint density at radius 1 is 0.698 bits per heavy atom. The van der Waals surface area contributed by atoms with E-state index in [4.69, 9.17) is 18.5 Å². The lowest BCUT2D eigenvalue weighted by molar-refractivity contribution is -0.870. The number of ether oxygens (including phenoxy) is 2. The fourth-order valence-corrected chi connectivity index (χ4v) is 5.04. The highest BCUT2D eigenvalue weighted by Crippen LogP contribution is 2.43. The van der Waals surface area contributed by atoms with Crippen LogP contribution in [0.5, 0.6) is 0 Å². The van der Waals surface area contributed by atoms with Gasteiger partial charge in [0.25, 0.3) is 0 Å². The first-order chi connectivity index (χ1) is 20.5. The first-order valence-electron chi connectivity index (χ1n) is 16.9. The molecule has 0 heterocycles. The highest BCUT2D eigenvalue weighted by molar-refractivity contribution is 7.47. The van der Waals surface area contributed by atoms with Crippen molar-refractivity contribution in [3.8, 4) is 0 Å². The molecule has 0 aromatic carbocycles. The van der Waals surface area contributed by atoms with Gasteiger partial charge in [-0.3, -0.25) is 18.6 Å². The van der Waals surface area contributed by atoms with E-state index in [9.17, 15) is 19.0 Å². The van der Waals surface area contributed by atoms with Gasteiger partial charge in [0.2, 0.25) is 0 Å². The molecule has 0 radical (unpaired) electrons. The van der Waals surface area contributed by atoms with Crippen molar-refractivity contribution in [3.63, 3.8) is 0 Å². The summed E-state index contributed by atoms with van der Waals surface area (Å²) in [4.78, 5) is 34.7. The second-order valence-corrected chi connectivity index (χ2v) is 14.0. The molecule has 2 atom stereocenters. The lowest BCUT2D eigenvalue weighted by Gasteiger charge is -2.24. The zero-order valence-electron chi connectivity index (χ0n) is 28.2. The van der Waals surface area contributed by atoms with Gasteiger partial charge in [-0.2, -0.15) is 0 Å². The summed E-state index contributed by atoms with van der Waals surface area (Å²) in [5.74, 6) is -0.829. The molecule has 0 bridgehead atoms. The van der Waals surface area contributed by atoms with Crippen LogP contribution in [0.2, 0.25) is 0 Å². The second kappa shape index (κ2) is 27.1. The quantitative estimate of drug-likeness (QED) is 0.0276. The molecule has 0 aromatic heterocycles. The number of phosphoric ester groups is 1. The summed E-state index contributed by atoms with van der Waals surface area (Å²) in [5, 5.41) is 0. The first kappa shape index (κ1) is 41.8. The average molecular weight is 635 g/mol. The normalized spacial score (nSPS) is 14.1. The zero-order valence-corrected chi connectivity index (χ0v) is 29.1. The highest BCUT2D eigenvalue weighted by Gasteiger charge is 2.27. The molecule has 254 valence electrons. The van der Waals surface area contributed by atoms with Crippen LogP contribution in [0.1, 0.15) is 136 Å². The molecule has 0 amide bonds. The highest BCUT2D eigenvalue weighted by atomic mass is 31.2. The molecule has 0 saturated heterocycles. The van der Waals surface area contributed by atoms with E-state index in [0.717, 1.165) is 57.8 Å². The molecular formula is C33H65NO8P+. The Morgan fingerprint density at radius 3 is 1.74 bits per heavy atom. The largest absolute Gasteiger partial charge is 0.472 e. The van der Waals surface area contributed by atoms with Gasteiger partial charge in [-0.1, -0.05) is 96.6 Å². The average Bonchev–Trinajstić information content (AvgIpc) is 2.94.